The average molecular weight is 375 g/mol. The SMILES string of the molecule is C=CCOc1cccc(/C=N\NC(=O)CSCc2ccc(Cl)cc2)c1. The minimum Gasteiger partial charge on any atom is -0.490 e. The lowest BCUT2D eigenvalue weighted by Gasteiger charge is -2.03. The second-order valence-corrected chi connectivity index (χ2v) is 6.51. The van der Waals surface area contributed by atoms with Crippen LogP contribution in [0.2, 0.25) is 5.02 Å². The van der Waals surface area contributed by atoms with Crippen molar-refractivity contribution in [2.45, 2.75) is 5.75 Å². The fourth-order valence-corrected chi connectivity index (χ4v) is 2.80. The number of rotatable bonds is 9. The van der Waals surface area contributed by atoms with Crippen LogP contribution in [0, 0.1) is 0 Å². The quantitative estimate of drug-likeness (QED) is 0.404. The van der Waals surface area contributed by atoms with Crippen molar-refractivity contribution < 1.29 is 9.53 Å². The van der Waals surface area contributed by atoms with Gasteiger partial charge in [0.1, 0.15) is 12.4 Å². The van der Waals surface area contributed by atoms with Gasteiger partial charge in [0.2, 0.25) is 5.91 Å². The van der Waals surface area contributed by atoms with E-state index in [1.807, 2.05) is 48.5 Å². The number of carbonyl (C=O) groups excluding carboxylic acids is 1. The van der Waals surface area contributed by atoms with Gasteiger partial charge in [0.05, 0.1) is 12.0 Å². The van der Waals surface area contributed by atoms with E-state index < -0.39 is 0 Å². The second-order valence-electron chi connectivity index (χ2n) is 5.08. The van der Waals surface area contributed by atoms with Gasteiger partial charge in [-0.25, -0.2) is 5.43 Å². The van der Waals surface area contributed by atoms with E-state index in [-0.39, 0.29) is 5.91 Å². The highest BCUT2D eigenvalue weighted by molar-refractivity contribution is 7.99. The van der Waals surface area contributed by atoms with Crippen molar-refractivity contribution in [3.05, 3.63) is 77.3 Å². The number of benzene rings is 2. The van der Waals surface area contributed by atoms with E-state index in [1.54, 1.807) is 12.3 Å². The van der Waals surface area contributed by atoms with Crippen molar-refractivity contribution in [1.29, 1.82) is 0 Å². The van der Waals surface area contributed by atoms with E-state index in [1.165, 1.54) is 11.8 Å². The molecule has 2 aromatic rings. The minimum atomic E-state index is -0.144. The Hall–Kier alpha value is -2.24. The van der Waals surface area contributed by atoms with Crippen LogP contribution in [0.5, 0.6) is 5.75 Å². The Labute approximate surface area is 156 Å². The molecule has 0 aliphatic rings. The largest absolute Gasteiger partial charge is 0.490 e. The molecule has 0 aliphatic carbocycles. The van der Waals surface area contributed by atoms with E-state index in [9.17, 15) is 4.79 Å². The number of nitrogens with one attached hydrogen (secondary N) is 1. The number of hydrazone groups is 1. The lowest BCUT2D eigenvalue weighted by molar-refractivity contribution is -0.118. The summed E-state index contributed by atoms with van der Waals surface area (Å²) < 4.78 is 5.45. The van der Waals surface area contributed by atoms with Crippen molar-refractivity contribution in [1.82, 2.24) is 5.43 Å². The molecule has 0 radical (unpaired) electrons. The van der Waals surface area contributed by atoms with E-state index >= 15 is 0 Å². The molecule has 0 spiro atoms. The number of amides is 1. The molecule has 2 aromatic carbocycles. The average Bonchev–Trinajstić information content (AvgIpc) is 2.62. The summed E-state index contributed by atoms with van der Waals surface area (Å²) in [5, 5.41) is 4.68. The summed E-state index contributed by atoms with van der Waals surface area (Å²) >= 11 is 7.36. The van der Waals surface area contributed by atoms with Gasteiger partial charge >= 0.3 is 0 Å². The first-order chi connectivity index (χ1) is 12.2. The number of thioether (sulfide) groups is 1. The molecule has 0 unspecified atom stereocenters. The molecule has 1 amide bonds. The van der Waals surface area contributed by atoms with Crippen LogP contribution in [0.25, 0.3) is 0 Å². The van der Waals surface area contributed by atoms with Gasteiger partial charge in [-0.05, 0) is 35.4 Å². The lowest BCUT2D eigenvalue weighted by atomic mass is 10.2. The number of nitrogens with zero attached hydrogens (tertiary/aromatic N) is 1. The summed E-state index contributed by atoms with van der Waals surface area (Å²) in [5.74, 6) is 1.67. The lowest BCUT2D eigenvalue weighted by Crippen LogP contribution is -2.19. The number of hydrogen-bond acceptors (Lipinski definition) is 4. The molecule has 0 bridgehead atoms. The Kier molecular flexibility index (Phi) is 8.09. The van der Waals surface area contributed by atoms with Gasteiger partial charge in [0.25, 0.3) is 0 Å². The van der Waals surface area contributed by atoms with Gasteiger partial charge in [0.15, 0.2) is 0 Å². The molecular formula is C19H19ClN2O2S. The van der Waals surface area contributed by atoms with Crippen molar-refractivity contribution in [3.63, 3.8) is 0 Å². The third-order valence-electron chi connectivity index (χ3n) is 3.04. The summed E-state index contributed by atoms with van der Waals surface area (Å²) in [6.07, 6.45) is 3.27. The van der Waals surface area contributed by atoms with Crippen molar-refractivity contribution >= 4 is 35.5 Å². The summed E-state index contributed by atoms with van der Waals surface area (Å²) in [5.41, 5.74) is 4.49. The molecular weight excluding hydrogens is 356 g/mol. The highest BCUT2D eigenvalue weighted by Crippen LogP contribution is 2.15. The minimum absolute atomic E-state index is 0.144. The molecule has 0 fully saturated rings. The van der Waals surface area contributed by atoms with Crippen LogP contribution in [0.1, 0.15) is 11.1 Å². The summed E-state index contributed by atoms with van der Waals surface area (Å²) in [7, 11) is 0. The first kappa shape index (κ1) is 19.1. The van der Waals surface area contributed by atoms with Crippen LogP contribution >= 0.6 is 23.4 Å². The van der Waals surface area contributed by atoms with Crippen LogP contribution in [0.15, 0.2) is 66.3 Å². The molecule has 25 heavy (non-hydrogen) atoms. The molecule has 0 aromatic heterocycles. The number of ether oxygens (including phenoxy) is 1. The smallest absolute Gasteiger partial charge is 0.250 e. The van der Waals surface area contributed by atoms with Gasteiger partial charge in [0, 0.05) is 10.8 Å². The van der Waals surface area contributed by atoms with Crippen molar-refractivity contribution in [3.8, 4) is 5.75 Å². The Balaban J connectivity index is 1.72. The Morgan fingerprint density at radius 3 is 2.84 bits per heavy atom. The number of carbonyl (C=O) groups is 1. The predicted molar refractivity (Wildman–Crippen MR) is 105 cm³/mol. The van der Waals surface area contributed by atoms with Crippen LogP contribution in [0.3, 0.4) is 0 Å². The molecule has 4 nitrogen and oxygen atoms in total. The van der Waals surface area contributed by atoms with E-state index in [4.69, 9.17) is 16.3 Å². The summed E-state index contributed by atoms with van der Waals surface area (Å²) in [6, 6.07) is 15.0. The fourth-order valence-electron chi connectivity index (χ4n) is 1.89. The van der Waals surface area contributed by atoms with Gasteiger partial charge in [-0.2, -0.15) is 5.10 Å². The molecule has 0 saturated carbocycles. The predicted octanol–water partition coefficient (Wildman–Crippen LogP) is 4.29. The van der Waals surface area contributed by atoms with Crippen LogP contribution in [-0.2, 0) is 10.5 Å². The fraction of sp³-hybridized carbons (Fsp3) is 0.158. The van der Waals surface area contributed by atoms with Crippen molar-refractivity contribution in [2.24, 2.45) is 5.10 Å². The zero-order valence-corrected chi connectivity index (χ0v) is 15.2. The Morgan fingerprint density at radius 1 is 1.28 bits per heavy atom. The molecule has 2 rings (SSSR count). The number of halogens is 1. The number of hydrogen-bond donors (Lipinski definition) is 1. The Bertz CT molecular complexity index is 732. The third kappa shape index (κ3) is 7.45. The first-order valence-electron chi connectivity index (χ1n) is 7.65. The molecule has 6 heteroatoms. The van der Waals surface area contributed by atoms with Gasteiger partial charge < -0.3 is 4.74 Å². The van der Waals surface area contributed by atoms with Crippen molar-refractivity contribution in [2.75, 3.05) is 12.4 Å². The molecule has 1 N–H and O–H groups in total. The maximum Gasteiger partial charge on any atom is 0.250 e. The van der Waals surface area contributed by atoms with E-state index in [0.717, 1.165) is 22.6 Å². The van der Waals surface area contributed by atoms with Crippen LogP contribution in [-0.4, -0.2) is 24.5 Å². The molecule has 0 aliphatic heterocycles. The molecule has 130 valence electrons. The third-order valence-corrected chi connectivity index (χ3v) is 4.30. The van der Waals surface area contributed by atoms with Gasteiger partial charge in [-0.15, -0.1) is 11.8 Å². The van der Waals surface area contributed by atoms with E-state index in [2.05, 4.69) is 17.1 Å². The molecule has 0 saturated heterocycles. The summed E-state index contributed by atoms with van der Waals surface area (Å²) in [6.45, 7) is 4.05. The first-order valence-corrected chi connectivity index (χ1v) is 9.18. The standard InChI is InChI=1S/C19H19ClN2O2S/c1-2-10-24-18-5-3-4-16(11-18)12-21-22-19(23)14-25-13-15-6-8-17(20)9-7-15/h2-9,11-12H,1,10,13-14H2,(H,22,23)/b21-12-. The zero-order chi connectivity index (χ0) is 17.9. The normalized spacial score (nSPS) is 10.6. The monoisotopic (exact) mass is 374 g/mol. The highest BCUT2D eigenvalue weighted by Gasteiger charge is 2.01. The van der Waals surface area contributed by atoms with Gasteiger partial charge in [-0.1, -0.05) is 48.5 Å². The topological polar surface area (TPSA) is 50.7 Å². The Morgan fingerprint density at radius 2 is 2.08 bits per heavy atom. The van der Waals surface area contributed by atoms with Gasteiger partial charge in [-0.3, -0.25) is 4.79 Å². The van der Waals surface area contributed by atoms with E-state index in [0.29, 0.717) is 17.4 Å². The van der Waals surface area contributed by atoms with Crippen LogP contribution in [0.4, 0.5) is 0 Å². The molecule has 0 heterocycles. The summed E-state index contributed by atoms with van der Waals surface area (Å²) in [4.78, 5) is 11.8. The van der Waals surface area contributed by atoms with Crippen LogP contribution < -0.4 is 10.2 Å². The maximum atomic E-state index is 11.8. The zero-order valence-electron chi connectivity index (χ0n) is 13.7. The highest BCUT2D eigenvalue weighted by atomic mass is 35.5. The maximum absolute atomic E-state index is 11.8. The second kappa shape index (κ2) is 10.6. The molecule has 0 atom stereocenters.